The van der Waals surface area contributed by atoms with E-state index < -0.39 is 5.97 Å². The van der Waals surface area contributed by atoms with Crippen molar-refractivity contribution in [1.29, 1.82) is 0 Å². The van der Waals surface area contributed by atoms with E-state index in [9.17, 15) is 4.79 Å². The van der Waals surface area contributed by atoms with Gasteiger partial charge in [-0.3, -0.25) is 0 Å². The highest BCUT2D eigenvalue weighted by molar-refractivity contribution is 6.33. The lowest BCUT2D eigenvalue weighted by Gasteiger charge is -2.17. The van der Waals surface area contributed by atoms with Gasteiger partial charge in [-0.05, 0) is 36.1 Å². The summed E-state index contributed by atoms with van der Waals surface area (Å²) < 4.78 is 16.2. The van der Waals surface area contributed by atoms with Gasteiger partial charge < -0.3 is 14.2 Å². The zero-order valence-corrected chi connectivity index (χ0v) is 15.2. The van der Waals surface area contributed by atoms with Crippen LogP contribution in [0.1, 0.15) is 41.3 Å². The van der Waals surface area contributed by atoms with Crippen molar-refractivity contribution in [3.63, 3.8) is 0 Å². The van der Waals surface area contributed by atoms with Crippen LogP contribution in [0.3, 0.4) is 0 Å². The van der Waals surface area contributed by atoms with Crippen LogP contribution < -0.4 is 14.2 Å². The molecule has 0 fully saturated rings. The third kappa shape index (κ3) is 3.49. The second kappa shape index (κ2) is 7.58. The zero-order chi connectivity index (χ0) is 17.9. The molecule has 0 bridgehead atoms. The van der Waals surface area contributed by atoms with E-state index in [0.29, 0.717) is 22.3 Å². The first-order valence-electron chi connectivity index (χ1n) is 7.62. The van der Waals surface area contributed by atoms with Crippen LogP contribution in [0.5, 0.6) is 17.2 Å². The molecule has 2 aromatic rings. The average molecular weight is 349 g/mol. The summed E-state index contributed by atoms with van der Waals surface area (Å²) >= 11 is 6.37. The maximum atomic E-state index is 12.7. The molecule has 128 valence electrons. The molecule has 0 N–H and O–H groups in total. The second-order valence-corrected chi connectivity index (χ2v) is 6.08. The van der Waals surface area contributed by atoms with Gasteiger partial charge in [-0.1, -0.05) is 43.6 Å². The largest absolute Gasteiger partial charge is 0.493 e. The van der Waals surface area contributed by atoms with Gasteiger partial charge in [0.25, 0.3) is 0 Å². The molecule has 5 heteroatoms. The predicted octanol–water partition coefficient (Wildman–Crippen LogP) is 5.01. The highest BCUT2D eigenvalue weighted by Crippen LogP contribution is 2.38. The minimum absolute atomic E-state index is 0.165. The number of methoxy groups -OCH3 is 2. The van der Waals surface area contributed by atoms with Crippen LogP contribution in [-0.2, 0) is 0 Å². The topological polar surface area (TPSA) is 44.8 Å². The number of carbonyl (C=O) groups excluding carboxylic acids is 1. The summed E-state index contributed by atoms with van der Waals surface area (Å²) in [5, 5.41) is 0.441. The standard InChI is InChI=1S/C19H21ClO4/c1-11(2)13-10-9-12(3)16(20)18(13)24-19(21)14-7-6-8-15(22-4)17(14)23-5/h6-11H,1-5H3. The Balaban J connectivity index is 2.46. The Hall–Kier alpha value is -2.20. The molecule has 0 aliphatic heterocycles. The van der Waals surface area contributed by atoms with E-state index >= 15 is 0 Å². The fourth-order valence-electron chi connectivity index (χ4n) is 2.42. The molecule has 0 aromatic heterocycles. The van der Waals surface area contributed by atoms with Gasteiger partial charge >= 0.3 is 5.97 Å². The van der Waals surface area contributed by atoms with Crippen molar-refractivity contribution in [2.75, 3.05) is 14.2 Å². The first-order chi connectivity index (χ1) is 11.4. The number of hydrogen-bond acceptors (Lipinski definition) is 4. The minimum Gasteiger partial charge on any atom is -0.493 e. The molecule has 0 amide bonds. The quantitative estimate of drug-likeness (QED) is 0.563. The molecule has 24 heavy (non-hydrogen) atoms. The van der Waals surface area contributed by atoms with E-state index in [1.165, 1.54) is 14.2 Å². The number of para-hydroxylation sites is 1. The van der Waals surface area contributed by atoms with Crippen molar-refractivity contribution >= 4 is 17.6 Å². The van der Waals surface area contributed by atoms with Crippen molar-refractivity contribution in [1.82, 2.24) is 0 Å². The number of carbonyl (C=O) groups is 1. The molecule has 0 saturated heterocycles. The van der Waals surface area contributed by atoms with Gasteiger partial charge in [-0.25, -0.2) is 4.79 Å². The molecule has 4 nitrogen and oxygen atoms in total. The highest BCUT2D eigenvalue weighted by atomic mass is 35.5. The lowest BCUT2D eigenvalue weighted by molar-refractivity contribution is 0.0728. The summed E-state index contributed by atoms with van der Waals surface area (Å²) in [6.07, 6.45) is 0. The Kier molecular flexibility index (Phi) is 5.73. The third-order valence-electron chi connectivity index (χ3n) is 3.76. The number of ether oxygens (including phenoxy) is 3. The molecule has 0 atom stereocenters. The van der Waals surface area contributed by atoms with Crippen LogP contribution in [0.15, 0.2) is 30.3 Å². The van der Waals surface area contributed by atoms with Crippen molar-refractivity contribution in [3.8, 4) is 17.2 Å². The first kappa shape index (κ1) is 18.1. The second-order valence-electron chi connectivity index (χ2n) is 5.70. The molecule has 0 aliphatic rings. The Morgan fingerprint density at radius 3 is 2.33 bits per heavy atom. The first-order valence-corrected chi connectivity index (χ1v) is 8.00. The van der Waals surface area contributed by atoms with E-state index in [0.717, 1.165) is 11.1 Å². The summed E-state index contributed by atoms with van der Waals surface area (Å²) in [6.45, 7) is 5.91. The molecule has 0 saturated carbocycles. The van der Waals surface area contributed by atoms with Crippen LogP contribution in [0.2, 0.25) is 5.02 Å². The van der Waals surface area contributed by atoms with E-state index in [-0.39, 0.29) is 11.5 Å². The fraction of sp³-hybridized carbons (Fsp3) is 0.316. The van der Waals surface area contributed by atoms with Gasteiger partial charge in [0.05, 0.1) is 19.2 Å². The maximum absolute atomic E-state index is 12.7. The van der Waals surface area contributed by atoms with Crippen LogP contribution in [0, 0.1) is 6.92 Å². The van der Waals surface area contributed by atoms with Gasteiger partial charge in [0.2, 0.25) is 0 Å². The van der Waals surface area contributed by atoms with Crippen molar-refractivity contribution < 1.29 is 19.0 Å². The zero-order valence-electron chi connectivity index (χ0n) is 14.5. The van der Waals surface area contributed by atoms with Crippen LogP contribution in [0.4, 0.5) is 0 Å². The summed E-state index contributed by atoms with van der Waals surface area (Å²) in [6, 6.07) is 8.90. The van der Waals surface area contributed by atoms with E-state index in [1.807, 2.05) is 32.9 Å². The van der Waals surface area contributed by atoms with Gasteiger partial charge in [0.1, 0.15) is 5.56 Å². The highest BCUT2D eigenvalue weighted by Gasteiger charge is 2.22. The molecule has 0 aliphatic carbocycles. The summed E-state index contributed by atoms with van der Waals surface area (Å²) in [7, 11) is 3.00. The average Bonchev–Trinajstić information content (AvgIpc) is 2.57. The lowest BCUT2D eigenvalue weighted by Crippen LogP contribution is -2.13. The van der Waals surface area contributed by atoms with Crippen molar-refractivity contribution in [3.05, 3.63) is 52.0 Å². The van der Waals surface area contributed by atoms with E-state index in [1.54, 1.807) is 18.2 Å². The van der Waals surface area contributed by atoms with Gasteiger partial charge in [-0.2, -0.15) is 0 Å². The molecule has 0 spiro atoms. The molecule has 2 aromatic carbocycles. The molecule has 0 heterocycles. The number of aryl methyl sites for hydroxylation is 1. The summed E-state index contributed by atoms with van der Waals surface area (Å²) in [4.78, 5) is 12.7. The van der Waals surface area contributed by atoms with Gasteiger partial charge in [-0.15, -0.1) is 0 Å². The number of esters is 1. The van der Waals surface area contributed by atoms with Crippen molar-refractivity contribution in [2.45, 2.75) is 26.7 Å². The van der Waals surface area contributed by atoms with Gasteiger partial charge in [0.15, 0.2) is 17.2 Å². The third-order valence-corrected chi connectivity index (χ3v) is 4.23. The maximum Gasteiger partial charge on any atom is 0.347 e. The summed E-state index contributed by atoms with van der Waals surface area (Å²) in [5.74, 6) is 0.811. The molecule has 0 unspecified atom stereocenters. The van der Waals surface area contributed by atoms with Crippen LogP contribution >= 0.6 is 11.6 Å². The Labute approximate surface area is 147 Å². The normalized spacial score (nSPS) is 10.6. The number of benzene rings is 2. The molecular weight excluding hydrogens is 328 g/mol. The Bertz CT molecular complexity index is 753. The van der Waals surface area contributed by atoms with E-state index in [2.05, 4.69) is 0 Å². The minimum atomic E-state index is -0.542. The SMILES string of the molecule is COc1cccc(C(=O)Oc2c(C(C)C)ccc(C)c2Cl)c1OC. The van der Waals surface area contributed by atoms with E-state index in [4.69, 9.17) is 25.8 Å². The lowest BCUT2D eigenvalue weighted by atomic mass is 10.0. The van der Waals surface area contributed by atoms with Crippen molar-refractivity contribution in [2.24, 2.45) is 0 Å². The molecule has 0 radical (unpaired) electrons. The van der Waals surface area contributed by atoms with Crippen LogP contribution in [-0.4, -0.2) is 20.2 Å². The fourth-order valence-corrected chi connectivity index (χ4v) is 2.63. The summed E-state index contributed by atoms with van der Waals surface area (Å²) in [5.41, 5.74) is 2.01. The Morgan fingerprint density at radius 2 is 1.75 bits per heavy atom. The number of hydrogen-bond donors (Lipinski definition) is 0. The number of rotatable bonds is 5. The molecular formula is C19H21ClO4. The molecule has 2 rings (SSSR count). The van der Waals surface area contributed by atoms with Gasteiger partial charge in [0, 0.05) is 0 Å². The number of halogens is 1. The van der Waals surface area contributed by atoms with Crippen LogP contribution in [0.25, 0.3) is 0 Å². The monoisotopic (exact) mass is 348 g/mol. The predicted molar refractivity (Wildman–Crippen MR) is 94.8 cm³/mol. The Morgan fingerprint density at radius 1 is 1.04 bits per heavy atom. The smallest absolute Gasteiger partial charge is 0.347 e.